The van der Waals surface area contributed by atoms with Crippen LogP contribution >= 0.6 is 34.9 Å². The number of para-hydroxylation sites is 1. The average Bonchev–Trinajstić information content (AvgIpc) is 3.15. The van der Waals surface area contributed by atoms with Crippen LogP contribution in [0.5, 0.6) is 0 Å². The smallest absolute Gasteiger partial charge is 0.237 e. The highest BCUT2D eigenvalue weighted by atomic mass is 32.2. The van der Waals surface area contributed by atoms with E-state index in [2.05, 4.69) is 53.6 Å². The van der Waals surface area contributed by atoms with Crippen molar-refractivity contribution in [1.82, 2.24) is 10.2 Å². The lowest BCUT2D eigenvalue weighted by Gasteiger charge is -2.11. The van der Waals surface area contributed by atoms with E-state index >= 15 is 0 Å². The molecule has 1 atom stereocenters. The number of benzene rings is 2. The molecule has 0 aliphatic rings. The Bertz CT molecular complexity index is 954. The fourth-order valence-corrected chi connectivity index (χ4v) is 5.72. The maximum atomic E-state index is 12.5. The number of amides is 1. The number of anilines is 1. The number of hydrogen-bond donors (Lipinski definition) is 1. The van der Waals surface area contributed by atoms with Gasteiger partial charge in [0.1, 0.15) is 0 Å². The Morgan fingerprint density at radius 2 is 1.72 bits per heavy atom. The van der Waals surface area contributed by atoms with Crippen molar-refractivity contribution in [2.75, 3.05) is 5.32 Å². The van der Waals surface area contributed by atoms with Gasteiger partial charge in [0.15, 0.2) is 8.68 Å². The van der Waals surface area contributed by atoms with E-state index in [1.807, 2.05) is 38.1 Å². The Kier molecular flexibility index (Phi) is 7.75. The SMILES string of the molecule is Cc1ccccc1NC(=O)C(C)Sc1nnc(SCc2ccc(C(C)C)cc2)s1. The van der Waals surface area contributed by atoms with Crippen molar-refractivity contribution in [3.63, 3.8) is 0 Å². The van der Waals surface area contributed by atoms with Crippen molar-refractivity contribution in [3.05, 3.63) is 65.2 Å². The molecule has 4 nitrogen and oxygen atoms in total. The molecule has 0 aliphatic heterocycles. The number of aryl methyl sites for hydroxylation is 1. The van der Waals surface area contributed by atoms with Crippen LogP contribution in [0, 0.1) is 6.92 Å². The fourth-order valence-electron chi connectivity index (χ4n) is 2.60. The van der Waals surface area contributed by atoms with Crippen LogP contribution in [0.15, 0.2) is 57.2 Å². The Hall–Kier alpha value is -1.83. The Morgan fingerprint density at radius 3 is 2.41 bits per heavy atom. The van der Waals surface area contributed by atoms with Crippen molar-refractivity contribution in [1.29, 1.82) is 0 Å². The number of carbonyl (C=O) groups is 1. The molecule has 1 heterocycles. The molecule has 3 rings (SSSR count). The van der Waals surface area contributed by atoms with Gasteiger partial charge in [0.25, 0.3) is 0 Å². The zero-order valence-corrected chi connectivity index (χ0v) is 19.5. The second kappa shape index (κ2) is 10.3. The summed E-state index contributed by atoms with van der Waals surface area (Å²) in [6.07, 6.45) is 0. The molecule has 2 aromatic carbocycles. The molecule has 1 N–H and O–H groups in total. The van der Waals surface area contributed by atoms with Crippen molar-refractivity contribution in [3.8, 4) is 0 Å². The minimum Gasteiger partial charge on any atom is -0.325 e. The molecule has 0 fully saturated rings. The first-order valence-electron chi connectivity index (χ1n) is 9.50. The molecule has 1 aromatic heterocycles. The fraction of sp³-hybridized carbons (Fsp3) is 0.318. The van der Waals surface area contributed by atoms with Gasteiger partial charge >= 0.3 is 0 Å². The van der Waals surface area contributed by atoms with Crippen LogP contribution in [0.3, 0.4) is 0 Å². The van der Waals surface area contributed by atoms with Crippen LogP contribution in [0.1, 0.15) is 43.4 Å². The zero-order chi connectivity index (χ0) is 20.8. The second-order valence-electron chi connectivity index (χ2n) is 7.08. The molecule has 3 aromatic rings. The molecule has 1 unspecified atom stereocenters. The predicted molar refractivity (Wildman–Crippen MR) is 125 cm³/mol. The minimum absolute atomic E-state index is 0.0288. The van der Waals surface area contributed by atoms with Gasteiger partial charge in [0.05, 0.1) is 5.25 Å². The van der Waals surface area contributed by atoms with Gasteiger partial charge in [-0.1, -0.05) is 91.2 Å². The third kappa shape index (κ3) is 6.32. The van der Waals surface area contributed by atoms with Gasteiger partial charge in [0, 0.05) is 11.4 Å². The van der Waals surface area contributed by atoms with Crippen LogP contribution in [-0.2, 0) is 10.5 Å². The number of thioether (sulfide) groups is 2. The molecule has 0 spiro atoms. The third-order valence-electron chi connectivity index (χ3n) is 4.45. The number of rotatable bonds is 8. The number of carbonyl (C=O) groups excluding carboxylic acids is 1. The number of nitrogens with zero attached hydrogens (tertiary/aromatic N) is 2. The Balaban J connectivity index is 1.51. The van der Waals surface area contributed by atoms with Crippen LogP contribution in [0.25, 0.3) is 0 Å². The lowest BCUT2D eigenvalue weighted by Crippen LogP contribution is -2.22. The van der Waals surface area contributed by atoms with E-state index in [0.717, 1.165) is 25.7 Å². The summed E-state index contributed by atoms with van der Waals surface area (Å²) in [5, 5.41) is 11.3. The topological polar surface area (TPSA) is 54.9 Å². The molecule has 0 saturated carbocycles. The monoisotopic (exact) mass is 443 g/mol. The maximum Gasteiger partial charge on any atom is 0.237 e. The van der Waals surface area contributed by atoms with Gasteiger partial charge in [-0.05, 0) is 42.5 Å². The van der Waals surface area contributed by atoms with Crippen molar-refractivity contribution in [2.45, 2.75) is 53.3 Å². The van der Waals surface area contributed by atoms with Gasteiger partial charge in [-0.3, -0.25) is 4.79 Å². The van der Waals surface area contributed by atoms with Gasteiger partial charge in [-0.2, -0.15) is 0 Å². The summed E-state index contributed by atoms with van der Waals surface area (Å²) in [6, 6.07) is 16.5. The highest BCUT2D eigenvalue weighted by molar-refractivity contribution is 8.03. The van der Waals surface area contributed by atoms with Crippen LogP contribution in [0.2, 0.25) is 0 Å². The standard InChI is InChI=1S/C22H25N3OS3/c1-14(2)18-11-9-17(10-12-18)13-27-21-24-25-22(29-21)28-16(4)20(26)23-19-8-6-5-7-15(19)3/h5-12,14,16H,13H2,1-4H3,(H,23,26). The quantitative estimate of drug-likeness (QED) is 0.409. The Labute approximate surface area is 184 Å². The summed E-state index contributed by atoms with van der Waals surface area (Å²) in [4.78, 5) is 12.5. The summed E-state index contributed by atoms with van der Waals surface area (Å²) >= 11 is 4.66. The summed E-state index contributed by atoms with van der Waals surface area (Å²) in [6.45, 7) is 8.28. The molecule has 0 radical (unpaired) electrons. The molecule has 29 heavy (non-hydrogen) atoms. The van der Waals surface area contributed by atoms with E-state index in [1.165, 1.54) is 34.2 Å². The summed E-state index contributed by atoms with van der Waals surface area (Å²) in [5.74, 6) is 1.38. The maximum absolute atomic E-state index is 12.5. The molecule has 0 bridgehead atoms. The normalized spacial score (nSPS) is 12.2. The molecular weight excluding hydrogens is 418 g/mol. The van der Waals surface area contributed by atoms with Gasteiger partial charge in [0.2, 0.25) is 5.91 Å². The molecule has 0 aliphatic carbocycles. The molecular formula is C22H25N3OS3. The van der Waals surface area contributed by atoms with Gasteiger partial charge in [-0.25, -0.2) is 0 Å². The molecule has 7 heteroatoms. The highest BCUT2D eigenvalue weighted by Gasteiger charge is 2.18. The first-order valence-corrected chi connectivity index (χ1v) is 12.2. The summed E-state index contributed by atoms with van der Waals surface area (Å²) in [5.41, 5.74) is 4.53. The van der Waals surface area contributed by atoms with Crippen LogP contribution in [-0.4, -0.2) is 21.4 Å². The number of nitrogens with one attached hydrogen (secondary N) is 1. The zero-order valence-electron chi connectivity index (χ0n) is 17.0. The largest absolute Gasteiger partial charge is 0.325 e. The van der Waals surface area contributed by atoms with E-state index in [4.69, 9.17) is 0 Å². The second-order valence-corrected chi connectivity index (χ2v) is 10.9. The van der Waals surface area contributed by atoms with Crippen molar-refractivity contribution < 1.29 is 4.79 Å². The van der Waals surface area contributed by atoms with E-state index in [-0.39, 0.29) is 11.2 Å². The highest BCUT2D eigenvalue weighted by Crippen LogP contribution is 2.33. The third-order valence-corrected chi connectivity index (χ3v) is 7.76. The molecule has 1 amide bonds. The number of aromatic nitrogens is 2. The first-order chi connectivity index (χ1) is 13.9. The Morgan fingerprint density at radius 1 is 1.03 bits per heavy atom. The van der Waals surface area contributed by atoms with E-state index in [9.17, 15) is 4.79 Å². The van der Waals surface area contributed by atoms with Crippen LogP contribution < -0.4 is 5.32 Å². The lowest BCUT2D eigenvalue weighted by atomic mass is 10.0. The van der Waals surface area contributed by atoms with E-state index < -0.39 is 0 Å². The van der Waals surface area contributed by atoms with Crippen molar-refractivity contribution >= 4 is 46.5 Å². The van der Waals surface area contributed by atoms with Crippen molar-refractivity contribution in [2.24, 2.45) is 0 Å². The minimum atomic E-state index is -0.246. The van der Waals surface area contributed by atoms with E-state index in [0.29, 0.717) is 5.92 Å². The molecule has 152 valence electrons. The van der Waals surface area contributed by atoms with Gasteiger partial charge in [-0.15, -0.1) is 10.2 Å². The average molecular weight is 444 g/mol. The summed E-state index contributed by atoms with van der Waals surface area (Å²) in [7, 11) is 0. The predicted octanol–water partition coefficient (Wildman–Crippen LogP) is 6.38. The first kappa shape index (κ1) is 21.9. The lowest BCUT2D eigenvalue weighted by molar-refractivity contribution is -0.115. The van der Waals surface area contributed by atoms with Gasteiger partial charge < -0.3 is 5.32 Å². The molecule has 0 saturated heterocycles. The number of hydrogen-bond acceptors (Lipinski definition) is 6. The van der Waals surface area contributed by atoms with E-state index in [1.54, 1.807) is 11.8 Å². The van der Waals surface area contributed by atoms with Crippen LogP contribution in [0.4, 0.5) is 5.69 Å². The summed E-state index contributed by atoms with van der Waals surface area (Å²) < 4.78 is 1.74.